The second kappa shape index (κ2) is 11.9. The average Bonchev–Trinajstić information content (AvgIpc) is 2.73. The molecule has 0 atom stereocenters. The molecule has 6 heteroatoms. The van der Waals surface area contributed by atoms with Gasteiger partial charge in [0.15, 0.2) is 0 Å². The van der Waals surface area contributed by atoms with Crippen LogP contribution in [0.25, 0.3) is 0 Å². The number of hydrogen-bond acceptors (Lipinski definition) is 4. The minimum atomic E-state index is -0.174. The lowest BCUT2D eigenvalue weighted by Crippen LogP contribution is -2.32. The van der Waals surface area contributed by atoms with Gasteiger partial charge in [-0.3, -0.25) is 9.59 Å². The third-order valence-corrected chi connectivity index (χ3v) is 4.38. The molecular formula is C24H33N3O3. The Hall–Kier alpha value is -3.02. The molecule has 0 unspecified atom stereocenters. The molecule has 0 aliphatic carbocycles. The summed E-state index contributed by atoms with van der Waals surface area (Å²) in [6.45, 7) is 9.66. The van der Waals surface area contributed by atoms with E-state index in [0.717, 1.165) is 31.6 Å². The normalized spacial score (nSPS) is 10.6. The van der Waals surface area contributed by atoms with Crippen LogP contribution < -0.4 is 15.4 Å². The third kappa shape index (κ3) is 7.10. The molecule has 0 bridgehead atoms. The van der Waals surface area contributed by atoms with Gasteiger partial charge in [0, 0.05) is 24.3 Å². The topological polar surface area (TPSA) is 70.7 Å². The lowest BCUT2D eigenvalue weighted by atomic mass is 10.1. The number of benzene rings is 2. The van der Waals surface area contributed by atoms with Crippen molar-refractivity contribution in [1.82, 2.24) is 4.90 Å². The maximum absolute atomic E-state index is 12.6. The molecule has 2 amide bonds. The van der Waals surface area contributed by atoms with Gasteiger partial charge in [-0.05, 0) is 63.1 Å². The first kappa shape index (κ1) is 23.3. The van der Waals surface area contributed by atoms with Crippen LogP contribution in [0.5, 0.6) is 5.75 Å². The van der Waals surface area contributed by atoms with Gasteiger partial charge in [-0.1, -0.05) is 26.0 Å². The summed E-state index contributed by atoms with van der Waals surface area (Å²) in [4.78, 5) is 26.9. The second-order valence-electron chi connectivity index (χ2n) is 7.43. The second-order valence-corrected chi connectivity index (χ2v) is 7.43. The van der Waals surface area contributed by atoms with Crippen molar-refractivity contribution in [1.29, 1.82) is 0 Å². The van der Waals surface area contributed by atoms with Crippen molar-refractivity contribution in [3.8, 4) is 5.75 Å². The molecule has 0 aromatic heterocycles. The van der Waals surface area contributed by atoms with Crippen LogP contribution in [0, 0.1) is 0 Å². The number of anilines is 2. The summed E-state index contributed by atoms with van der Waals surface area (Å²) in [5.74, 6) is 0.518. The van der Waals surface area contributed by atoms with E-state index in [1.807, 2.05) is 55.1 Å². The molecule has 0 spiro atoms. The highest BCUT2D eigenvalue weighted by Gasteiger charge is 2.14. The standard InChI is InChI=1S/C24H33N3O3/c1-5-15-27(16-6-2)24(29)19-11-13-20(14-12-19)25-17-23(28)26-21-9-7-8-10-22(21)30-18(3)4/h7-14,18,25H,5-6,15-17H2,1-4H3,(H,26,28). The van der Waals surface area contributed by atoms with Crippen molar-refractivity contribution in [2.45, 2.75) is 46.6 Å². The zero-order valence-electron chi connectivity index (χ0n) is 18.4. The summed E-state index contributed by atoms with van der Waals surface area (Å²) >= 11 is 0. The number of carbonyl (C=O) groups excluding carboxylic acids is 2. The van der Waals surface area contributed by atoms with Crippen molar-refractivity contribution in [3.63, 3.8) is 0 Å². The van der Waals surface area contributed by atoms with Gasteiger partial charge in [-0.15, -0.1) is 0 Å². The molecule has 30 heavy (non-hydrogen) atoms. The Morgan fingerprint density at radius 2 is 1.60 bits per heavy atom. The van der Waals surface area contributed by atoms with Gasteiger partial charge >= 0.3 is 0 Å². The maximum atomic E-state index is 12.6. The molecule has 2 aromatic carbocycles. The molecule has 0 aliphatic rings. The highest BCUT2D eigenvalue weighted by Crippen LogP contribution is 2.24. The molecule has 0 aliphatic heterocycles. The highest BCUT2D eigenvalue weighted by atomic mass is 16.5. The average molecular weight is 412 g/mol. The van der Waals surface area contributed by atoms with Crippen molar-refractivity contribution >= 4 is 23.2 Å². The van der Waals surface area contributed by atoms with Crippen LogP contribution in [0.2, 0.25) is 0 Å². The zero-order chi connectivity index (χ0) is 21.9. The van der Waals surface area contributed by atoms with Gasteiger partial charge in [0.1, 0.15) is 5.75 Å². The molecule has 0 radical (unpaired) electrons. The van der Waals surface area contributed by atoms with Gasteiger partial charge in [-0.25, -0.2) is 0 Å². The maximum Gasteiger partial charge on any atom is 0.253 e. The zero-order valence-corrected chi connectivity index (χ0v) is 18.4. The molecule has 2 rings (SSSR count). The van der Waals surface area contributed by atoms with E-state index in [-0.39, 0.29) is 24.5 Å². The summed E-state index contributed by atoms with van der Waals surface area (Å²) in [7, 11) is 0. The fraction of sp³-hybridized carbons (Fsp3) is 0.417. The van der Waals surface area contributed by atoms with E-state index in [0.29, 0.717) is 17.0 Å². The number of hydrogen-bond donors (Lipinski definition) is 2. The van der Waals surface area contributed by atoms with E-state index < -0.39 is 0 Å². The molecule has 0 fully saturated rings. The van der Waals surface area contributed by atoms with Gasteiger partial charge in [-0.2, -0.15) is 0 Å². The van der Waals surface area contributed by atoms with E-state index in [4.69, 9.17) is 4.74 Å². The minimum Gasteiger partial charge on any atom is -0.489 e. The number of rotatable bonds is 11. The summed E-state index contributed by atoms with van der Waals surface area (Å²) in [5.41, 5.74) is 2.09. The molecule has 162 valence electrons. The van der Waals surface area contributed by atoms with Crippen LogP contribution in [-0.2, 0) is 4.79 Å². The fourth-order valence-electron chi connectivity index (χ4n) is 3.07. The van der Waals surface area contributed by atoms with Crippen LogP contribution in [0.1, 0.15) is 50.9 Å². The Morgan fingerprint density at radius 3 is 2.20 bits per heavy atom. The van der Waals surface area contributed by atoms with Crippen LogP contribution in [0.3, 0.4) is 0 Å². The van der Waals surface area contributed by atoms with E-state index in [1.165, 1.54) is 0 Å². The van der Waals surface area contributed by atoms with E-state index >= 15 is 0 Å². The van der Waals surface area contributed by atoms with Crippen molar-refractivity contribution in [2.24, 2.45) is 0 Å². The monoisotopic (exact) mass is 411 g/mol. The lowest BCUT2D eigenvalue weighted by molar-refractivity contribution is -0.114. The SMILES string of the molecule is CCCN(CCC)C(=O)c1ccc(NCC(=O)Nc2ccccc2OC(C)C)cc1. The van der Waals surface area contributed by atoms with Crippen LogP contribution in [0.4, 0.5) is 11.4 Å². The number of nitrogens with one attached hydrogen (secondary N) is 2. The molecule has 2 N–H and O–H groups in total. The molecule has 2 aromatic rings. The van der Waals surface area contributed by atoms with Crippen LogP contribution in [-0.4, -0.2) is 42.5 Å². The van der Waals surface area contributed by atoms with Gasteiger partial charge in [0.25, 0.3) is 5.91 Å². The van der Waals surface area contributed by atoms with Gasteiger partial charge < -0.3 is 20.3 Å². The predicted octanol–water partition coefficient (Wildman–Crippen LogP) is 4.79. The molecule has 6 nitrogen and oxygen atoms in total. The largest absolute Gasteiger partial charge is 0.489 e. The van der Waals surface area contributed by atoms with E-state index in [1.54, 1.807) is 12.1 Å². The van der Waals surface area contributed by atoms with Crippen molar-refractivity contribution < 1.29 is 14.3 Å². The number of amides is 2. The number of carbonyl (C=O) groups is 2. The molecule has 0 heterocycles. The first-order valence-corrected chi connectivity index (χ1v) is 10.6. The Bertz CT molecular complexity index is 813. The van der Waals surface area contributed by atoms with E-state index in [9.17, 15) is 9.59 Å². The summed E-state index contributed by atoms with van der Waals surface area (Å²) < 4.78 is 5.73. The number of para-hydroxylation sites is 2. The first-order valence-electron chi connectivity index (χ1n) is 10.6. The lowest BCUT2D eigenvalue weighted by Gasteiger charge is -2.21. The van der Waals surface area contributed by atoms with Gasteiger partial charge in [0.05, 0.1) is 18.3 Å². The molecule has 0 saturated carbocycles. The predicted molar refractivity (Wildman–Crippen MR) is 122 cm³/mol. The first-order chi connectivity index (χ1) is 14.4. The quantitative estimate of drug-likeness (QED) is 0.558. The van der Waals surface area contributed by atoms with Crippen LogP contribution in [0.15, 0.2) is 48.5 Å². The Labute approximate surface area is 179 Å². The summed E-state index contributed by atoms with van der Waals surface area (Å²) in [6.07, 6.45) is 1.89. The van der Waals surface area contributed by atoms with Crippen LogP contribution >= 0.6 is 0 Å². The highest BCUT2D eigenvalue weighted by molar-refractivity contribution is 5.96. The van der Waals surface area contributed by atoms with E-state index in [2.05, 4.69) is 24.5 Å². The summed E-state index contributed by atoms with van der Waals surface area (Å²) in [6, 6.07) is 14.6. The fourth-order valence-corrected chi connectivity index (χ4v) is 3.07. The number of nitrogens with zero attached hydrogens (tertiary/aromatic N) is 1. The van der Waals surface area contributed by atoms with Crippen molar-refractivity contribution in [2.75, 3.05) is 30.3 Å². The summed E-state index contributed by atoms with van der Waals surface area (Å²) in [5, 5.41) is 5.96. The number of ether oxygens (including phenoxy) is 1. The van der Waals surface area contributed by atoms with Crippen molar-refractivity contribution in [3.05, 3.63) is 54.1 Å². The third-order valence-electron chi connectivity index (χ3n) is 4.38. The molecular weight excluding hydrogens is 378 g/mol. The Kier molecular flexibility index (Phi) is 9.19. The minimum absolute atomic E-state index is 0.0213. The van der Waals surface area contributed by atoms with Gasteiger partial charge in [0.2, 0.25) is 5.91 Å². The smallest absolute Gasteiger partial charge is 0.253 e. The Balaban J connectivity index is 1.92. The Morgan fingerprint density at radius 1 is 0.967 bits per heavy atom. The molecule has 0 saturated heterocycles.